The Balaban J connectivity index is 2.28. The van der Waals surface area contributed by atoms with Gasteiger partial charge in [0.25, 0.3) is 0 Å². The topological polar surface area (TPSA) is 86.2 Å². The molecule has 2 heterocycles. The van der Waals surface area contributed by atoms with E-state index in [2.05, 4.69) is 10.3 Å². The number of rotatable bonds is 2. The summed E-state index contributed by atoms with van der Waals surface area (Å²) in [5.74, 6) is 0.475. The van der Waals surface area contributed by atoms with Gasteiger partial charge in [-0.25, -0.2) is 4.98 Å². The molecule has 0 radical (unpaired) electrons. The lowest BCUT2D eigenvalue weighted by molar-refractivity contribution is 0.383. The fraction of sp³-hybridized carbons (Fsp3) is 0.133. The van der Waals surface area contributed by atoms with Crippen molar-refractivity contribution in [3.8, 4) is 5.88 Å². The van der Waals surface area contributed by atoms with Crippen molar-refractivity contribution in [1.29, 1.82) is 0 Å². The monoisotopic (exact) mass is 268 g/mol. The molecule has 0 bridgehead atoms. The van der Waals surface area contributed by atoms with Crippen LogP contribution < -0.4 is 21.5 Å². The Morgan fingerprint density at radius 3 is 2.70 bits per heavy atom. The molecule has 3 rings (SSSR count). The smallest absolute Gasteiger partial charge is 0.218 e. The number of hydrogen-bond donors (Lipinski definition) is 3. The fourth-order valence-electron chi connectivity index (χ4n) is 2.53. The third-order valence-electron chi connectivity index (χ3n) is 3.58. The van der Waals surface area contributed by atoms with Gasteiger partial charge in [-0.1, -0.05) is 18.2 Å². The average molecular weight is 268 g/mol. The van der Waals surface area contributed by atoms with E-state index in [-0.39, 0.29) is 0 Å². The van der Waals surface area contributed by atoms with Crippen molar-refractivity contribution in [2.24, 2.45) is 11.5 Å². The van der Waals surface area contributed by atoms with Crippen molar-refractivity contribution < 1.29 is 4.74 Å². The quantitative estimate of drug-likeness (QED) is 0.768. The van der Waals surface area contributed by atoms with Gasteiger partial charge in [-0.2, -0.15) is 0 Å². The summed E-state index contributed by atoms with van der Waals surface area (Å²) < 4.78 is 5.33. The van der Waals surface area contributed by atoms with E-state index in [1.165, 1.54) is 0 Å². The largest absolute Gasteiger partial charge is 0.481 e. The Morgan fingerprint density at radius 1 is 1.15 bits per heavy atom. The first-order chi connectivity index (χ1) is 9.67. The molecule has 1 aromatic carbocycles. The molecule has 2 aromatic rings. The maximum Gasteiger partial charge on any atom is 0.218 e. The number of pyridine rings is 1. The summed E-state index contributed by atoms with van der Waals surface area (Å²) in [6.07, 6.45) is 3.38. The minimum atomic E-state index is -0.957. The zero-order valence-corrected chi connectivity index (χ0v) is 11.1. The van der Waals surface area contributed by atoms with Crippen LogP contribution in [0, 0.1) is 0 Å². The van der Waals surface area contributed by atoms with Crippen molar-refractivity contribution in [3.63, 3.8) is 0 Å². The van der Waals surface area contributed by atoms with Gasteiger partial charge < -0.3 is 21.5 Å². The van der Waals surface area contributed by atoms with E-state index in [0.29, 0.717) is 11.6 Å². The van der Waals surface area contributed by atoms with Crippen molar-refractivity contribution in [2.75, 3.05) is 12.4 Å². The molecule has 1 aromatic heterocycles. The van der Waals surface area contributed by atoms with Crippen molar-refractivity contribution in [2.45, 2.75) is 5.54 Å². The van der Waals surface area contributed by atoms with Gasteiger partial charge in [-0.3, -0.25) is 0 Å². The molecule has 0 aliphatic carbocycles. The van der Waals surface area contributed by atoms with Gasteiger partial charge in [0.2, 0.25) is 5.88 Å². The molecule has 0 spiro atoms. The molecule has 102 valence electrons. The van der Waals surface area contributed by atoms with Crippen LogP contribution in [-0.4, -0.2) is 12.1 Å². The van der Waals surface area contributed by atoms with Crippen LogP contribution in [0.4, 0.5) is 5.69 Å². The van der Waals surface area contributed by atoms with Crippen LogP contribution in [0.2, 0.25) is 0 Å². The maximum atomic E-state index is 6.66. The van der Waals surface area contributed by atoms with Crippen LogP contribution in [0.15, 0.2) is 54.5 Å². The van der Waals surface area contributed by atoms with Crippen LogP contribution in [0.1, 0.15) is 11.1 Å². The van der Waals surface area contributed by atoms with E-state index >= 15 is 0 Å². The second kappa shape index (κ2) is 4.54. The number of benzene rings is 1. The highest BCUT2D eigenvalue weighted by atomic mass is 16.5. The highest BCUT2D eigenvalue weighted by molar-refractivity contribution is 5.66. The molecular weight excluding hydrogens is 252 g/mol. The molecule has 5 nitrogen and oxygen atoms in total. The molecule has 1 unspecified atom stereocenters. The van der Waals surface area contributed by atoms with E-state index in [1.807, 2.05) is 36.4 Å². The predicted molar refractivity (Wildman–Crippen MR) is 78.1 cm³/mol. The first-order valence-corrected chi connectivity index (χ1v) is 6.28. The van der Waals surface area contributed by atoms with Gasteiger partial charge in [0.1, 0.15) is 5.54 Å². The first kappa shape index (κ1) is 12.5. The standard InChI is InChI=1S/C15H16N4O/c1-20-14-11(6-4-8-18-14)15(17)10-5-2-3-7-12(10)19-9-13(15)16/h2-9,19H,16-17H2,1H3. The number of anilines is 1. The van der Waals surface area contributed by atoms with E-state index in [4.69, 9.17) is 16.2 Å². The molecule has 1 atom stereocenters. The third kappa shape index (κ3) is 1.64. The number of nitrogens with zero attached hydrogens (tertiary/aromatic N) is 1. The number of ether oxygens (including phenoxy) is 1. The van der Waals surface area contributed by atoms with Gasteiger partial charge in [0.15, 0.2) is 0 Å². The number of fused-ring (bicyclic) bond motifs is 1. The molecule has 1 aliphatic rings. The summed E-state index contributed by atoms with van der Waals surface area (Å²) in [5, 5.41) is 3.15. The summed E-state index contributed by atoms with van der Waals surface area (Å²) in [4.78, 5) is 4.22. The number of para-hydroxylation sites is 1. The zero-order valence-electron chi connectivity index (χ0n) is 11.1. The highest BCUT2D eigenvalue weighted by Crippen LogP contribution is 2.41. The molecule has 5 N–H and O–H groups in total. The van der Waals surface area contributed by atoms with Crippen LogP contribution >= 0.6 is 0 Å². The van der Waals surface area contributed by atoms with E-state index in [9.17, 15) is 0 Å². The number of hydrogen-bond acceptors (Lipinski definition) is 5. The molecule has 0 saturated heterocycles. The number of methoxy groups -OCH3 is 1. The van der Waals surface area contributed by atoms with Gasteiger partial charge >= 0.3 is 0 Å². The first-order valence-electron chi connectivity index (χ1n) is 6.28. The second-order valence-electron chi connectivity index (χ2n) is 4.66. The van der Waals surface area contributed by atoms with Crippen LogP contribution in [0.25, 0.3) is 0 Å². The molecule has 0 fully saturated rings. The van der Waals surface area contributed by atoms with E-state index in [1.54, 1.807) is 19.5 Å². The van der Waals surface area contributed by atoms with Crippen LogP contribution in [0.3, 0.4) is 0 Å². The summed E-state index contributed by atoms with van der Waals surface area (Å²) >= 11 is 0. The number of aromatic nitrogens is 1. The molecule has 0 amide bonds. The normalized spacial score (nSPS) is 20.6. The van der Waals surface area contributed by atoms with Crippen LogP contribution in [0.5, 0.6) is 5.88 Å². The van der Waals surface area contributed by atoms with Gasteiger partial charge in [0, 0.05) is 29.2 Å². The lowest BCUT2D eigenvalue weighted by Gasteiger charge is -2.36. The second-order valence-corrected chi connectivity index (χ2v) is 4.66. The molecule has 0 saturated carbocycles. The molecule has 1 aliphatic heterocycles. The Kier molecular flexibility index (Phi) is 2.84. The maximum absolute atomic E-state index is 6.66. The molecular formula is C15H16N4O. The minimum Gasteiger partial charge on any atom is -0.481 e. The number of nitrogens with one attached hydrogen (secondary N) is 1. The lowest BCUT2D eigenvalue weighted by Crippen LogP contribution is -2.46. The summed E-state index contributed by atoms with van der Waals surface area (Å²) in [7, 11) is 1.57. The molecule has 20 heavy (non-hydrogen) atoms. The van der Waals surface area contributed by atoms with Gasteiger partial charge in [-0.05, 0) is 18.2 Å². The van der Waals surface area contributed by atoms with Crippen molar-refractivity contribution in [3.05, 3.63) is 65.6 Å². The lowest BCUT2D eigenvalue weighted by atomic mass is 9.79. The van der Waals surface area contributed by atoms with Gasteiger partial charge in [-0.15, -0.1) is 0 Å². The number of nitrogens with two attached hydrogens (primary N) is 2. The predicted octanol–water partition coefficient (Wildman–Crippen LogP) is 1.52. The Labute approximate surface area is 117 Å². The van der Waals surface area contributed by atoms with Crippen molar-refractivity contribution >= 4 is 5.69 Å². The zero-order chi connectivity index (χ0) is 14.2. The highest BCUT2D eigenvalue weighted by Gasteiger charge is 2.39. The summed E-state index contributed by atoms with van der Waals surface area (Å²) in [6.45, 7) is 0. The minimum absolute atomic E-state index is 0.475. The Bertz CT molecular complexity index is 683. The third-order valence-corrected chi connectivity index (χ3v) is 3.58. The summed E-state index contributed by atoms with van der Waals surface area (Å²) in [5.41, 5.74) is 15.0. The van der Waals surface area contributed by atoms with E-state index in [0.717, 1.165) is 16.8 Å². The van der Waals surface area contributed by atoms with Crippen LogP contribution in [-0.2, 0) is 5.54 Å². The average Bonchev–Trinajstić information content (AvgIpc) is 2.51. The molecule has 5 heteroatoms. The fourth-order valence-corrected chi connectivity index (χ4v) is 2.53. The van der Waals surface area contributed by atoms with E-state index < -0.39 is 5.54 Å². The van der Waals surface area contributed by atoms with Gasteiger partial charge in [0.05, 0.1) is 12.8 Å². The Morgan fingerprint density at radius 2 is 1.90 bits per heavy atom. The van der Waals surface area contributed by atoms with Crippen molar-refractivity contribution in [1.82, 2.24) is 4.98 Å². The SMILES string of the molecule is COc1ncccc1C1(N)C(N)=CNc2ccccc21. The summed E-state index contributed by atoms with van der Waals surface area (Å²) in [6, 6.07) is 11.5. The Hall–Kier alpha value is -2.53.